The van der Waals surface area contributed by atoms with E-state index in [1.807, 2.05) is 6.07 Å². The molecule has 1 aromatic carbocycles. The van der Waals surface area contributed by atoms with E-state index in [1.165, 1.54) is 43.2 Å². The van der Waals surface area contributed by atoms with Gasteiger partial charge in [0.25, 0.3) is 0 Å². The maximum absolute atomic E-state index is 14.0. The van der Waals surface area contributed by atoms with Crippen LogP contribution < -0.4 is 0 Å². The van der Waals surface area contributed by atoms with E-state index in [1.54, 1.807) is 24.2 Å². The first kappa shape index (κ1) is 25.0. The summed E-state index contributed by atoms with van der Waals surface area (Å²) in [5.41, 5.74) is 2.55. The molecule has 4 bridgehead atoms. The van der Waals surface area contributed by atoms with Crippen molar-refractivity contribution in [3.63, 3.8) is 0 Å². The van der Waals surface area contributed by atoms with Gasteiger partial charge in [-0.2, -0.15) is 0 Å². The molecule has 0 spiro atoms. The van der Waals surface area contributed by atoms with E-state index in [2.05, 4.69) is 55.9 Å². The lowest BCUT2D eigenvalue weighted by molar-refractivity contribution is -0.140. The number of amides is 1. The maximum Gasteiger partial charge on any atom is 0.240 e. The largest absolute Gasteiger partial charge is 0.339 e. The summed E-state index contributed by atoms with van der Waals surface area (Å²) in [6, 6.07) is 11.4. The standard InChI is InChI=1S/C31H41N5OS/c1-21-3-5-22(6-4-21)19-36-20-27(38-31-32-7-2-8-33-31)18-28(36)30(37)35-11-9-34(10-12-35)29-25-14-23-13-24(16-25)17-26(29)15-23/h2-8,23-29H,9-20H2,1H3/t23?,24?,25?,26?,27-,28+,29?/m1/s1. The Hall–Kier alpha value is -1.96. The number of piperazine rings is 1. The van der Waals surface area contributed by atoms with E-state index >= 15 is 0 Å². The minimum atomic E-state index is -0.0646. The average Bonchev–Trinajstić information content (AvgIpc) is 3.31. The number of aryl methyl sites for hydroxylation is 1. The van der Waals surface area contributed by atoms with E-state index in [4.69, 9.17) is 0 Å². The lowest BCUT2D eigenvalue weighted by atomic mass is 9.54. The summed E-state index contributed by atoms with van der Waals surface area (Å²) < 4.78 is 0. The molecule has 0 radical (unpaired) electrons. The van der Waals surface area contributed by atoms with Gasteiger partial charge in [-0.1, -0.05) is 41.6 Å². The van der Waals surface area contributed by atoms with Crippen molar-refractivity contribution >= 4 is 17.7 Å². The van der Waals surface area contributed by atoms with Crippen molar-refractivity contribution in [2.75, 3.05) is 32.7 Å². The quantitative estimate of drug-likeness (QED) is 0.512. The number of rotatable bonds is 6. The highest BCUT2D eigenvalue weighted by atomic mass is 32.2. The second-order valence-electron chi connectivity index (χ2n) is 12.7. The second-order valence-corrected chi connectivity index (χ2v) is 14.0. The Balaban J connectivity index is 1.02. The SMILES string of the molecule is Cc1ccc(CN2C[C@H](Sc3ncccn3)C[C@H]2C(=O)N2CCN(C3C4CC5CC(C4)CC3C5)CC2)cc1. The van der Waals surface area contributed by atoms with Crippen LogP contribution in [0.1, 0.15) is 49.7 Å². The number of carbonyl (C=O) groups excluding carboxylic acids is 1. The summed E-state index contributed by atoms with van der Waals surface area (Å²) in [6.07, 6.45) is 11.9. The summed E-state index contributed by atoms with van der Waals surface area (Å²) in [6.45, 7) is 7.71. The molecule has 3 heterocycles. The molecule has 8 rings (SSSR count). The first-order valence-corrected chi connectivity index (χ1v) is 15.7. The fourth-order valence-corrected chi connectivity index (χ4v) is 9.83. The van der Waals surface area contributed by atoms with Crippen LogP contribution in [-0.4, -0.2) is 80.6 Å². The van der Waals surface area contributed by atoms with Crippen LogP contribution in [0.5, 0.6) is 0 Å². The number of hydrogen-bond acceptors (Lipinski definition) is 6. The molecule has 4 saturated carbocycles. The predicted octanol–water partition coefficient (Wildman–Crippen LogP) is 4.49. The van der Waals surface area contributed by atoms with Gasteiger partial charge in [0.15, 0.2) is 5.16 Å². The van der Waals surface area contributed by atoms with Gasteiger partial charge in [-0.3, -0.25) is 14.6 Å². The Morgan fingerprint density at radius 3 is 2.21 bits per heavy atom. The number of benzene rings is 1. The smallest absolute Gasteiger partial charge is 0.240 e. The third-order valence-electron chi connectivity index (χ3n) is 10.2. The van der Waals surface area contributed by atoms with Crippen LogP contribution in [0.15, 0.2) is 47.9 Å². The summed E-state index contributed by atoms with van der Waals surface area (Å²) >= 11 is 1.73. The Kier molecular flexibility index (Phi) is 6.95. The zero-order valence-electron chi connectivity index (χ0n) is 22.6. The molecule has 1 aromatic heterocycles. The fourth-order valence-electron chi connectivity index (χ4n) is 8.75. The molecular formula is C31H41N5OS. The molecule has 202 valence electrons. The monoisotopic (exact) mass is 531 g/mol. The molecule has 0 unspecified atom stereocenters. The first-order chi connectivity index (χ1) is 18.6. The van der Waals surface area contributed by atoms with E-state index < -0.39 is 0 Å². The highest BCUT2D eigenvalue weighted by molar-refractivity contribution is 7.99. The number of nitrogens with zero attached hydrogens (tertiary/aromatic N) is 5. The van der Waals surface area contributed by atoms with Crippen LogP contribution in [-0.2, 0) is 11.3 Å². The van der Waals surface area contributed by atoms with Crippen molar-refractivity contribution in [3.05, 3.63) is 53.9 Å². The molecule has 0 N–H and O–H groups in total. The van der Waals surface area contributed by atoms with Crippen molar-refractivity contribution in [2.24, 2.45) is 23.7 Å². The van der Waals surface area contributed by atoms with Gasteiger partial charge in [-0.15, -0.1) is 0 Å². The molecule has 7 heteroatoms. The number of likely N-dealkylation sites (tertiary alicyclic amines) is 1. The molecule has 1 amide bonds. The van der Waals surface area contributed by atoms with Crippen LogP contribution in [0.2, 0.25) is 0 Å². The number of carbonyl (C=O) groups is 1. The molecule has 2 atom stereocenters. The zero-order chi connectivity index (χ0) is 25.6. The second kappa shape index (κ2) is 10.5. The number of aromatic nitrogens is 2. The Bertz CT molecular complexity index is 1090. The van der Waals surface area contributed by atoms with Gasteiger partial charge in [-0.25, -0.2) is 9.97 Å². The average molecular weight is 532 g/mol. The van der Waals surface area contributed by atoms with Gasteiger partial charge in [0.1, 0.15) is 0 Å². The van der Waals surface area contributed by atoms with Gasteiger partial charge in [0.05, 0.1) is 6.04 Å². The van der Waals surface area contributed by atoms with Crippen molar-refractivity contribution in [1.82, 2.24) is 24.7 Å². The third kappa shape index (κ3) is 5.02. The Morgan fingerprint density at radius 1 is 0.895 bits per heavy atom. The molecule has 6 fully saturated rings. The van der Waals surface area contributed by atoms with Gasteiger partial charge in [0.2, 0.25) is 5.91 Å². The van der Waals surface area contributed by atoms with Gasteiger partial charge < -0.3 is 4.90 Å². The third-order valence-corrected chi connectivity index (χ3v) is 11.3. The van der Waals surface area contributed by atoms with Gasteiger partial charge in [-0.05, 0) is 80.8 Å². The lowest BCUT2D eigenvalue weighted by Gasteiger charge is -2.58. The molecular weight excluding hydrogens is 490 g/mol. The minimum absolute atomic E-state index is 0.0646. The highest BCUT2D eigenvalue weighted by Crippen LogP contribution is 2.55. The number of hydrogen-bond donors (Lipinski definition) is 0. The van der Waals surface area contributed by atoms with Crippen LogP contribution in [0, 0.1) is 30.6 Å². The number of thioether (sulfide) groups is 1. The van der Waals surface area contributed by atoms with E-state index in [0.29, 0.717) is 11.2 Å². The van der Waals surface area contributed by atoms with Crippen LogP contribution in [0.25, 0.3) is 0 Å². The fraction of sp³-hybridized carbons (Fsp3) is 0.645. The highest BCUT2D eigenvalue weighted by Gasteiger charge is 2.50. The van der Waals surface area contributed by atoms with E-state index in [0.717, 1.165) is 80.6 Å². The Labute approximate surface area is 231 Å². The molecule has 4 aliphatic carbocycles. The molecule has 6 aliphatic rings. The van der Waals surface area contributed by atoms with Crippen molar-refractivity contribution in [2.45, 2.75) is 74.5 Å². The minimum Gasteiger partial charge on any atom is -0.339 e. The van der Waals surface area contributed by atoms with Gasteiger partial charge in [0, 0.05) is 63.0 Å². The van der Waals surface area contributed by atoms with E-state index in [-0.39, 0.29) is 6.04 Å². The van der Waals surface area contributed by atoms with Crippen molar-refractivity contribution in [3.8, 4) is 0 Å². The Morgan fingerprint density at radius 2 is 1.55 bits per heavy atom. The molecule has 2 aliphatic heterocycles. The van der Waals surface area contributed by atoms with Crippen LogP contribution in [0.4, 0.5) is 0 Å². The van der Waals surface area contributed by atoms with Crippen molar-refractivity contribution in [1.29, 1.82) is 0 Å². The summed E-state index contributed by atoms with van der Waals surface area (Å²) in [4.78, 5) is 30.3. The van der Waals surface area contributed by atoms with Gasteiger partial charge >= 0.3 is 0 Å². The summed E-state index contributed by atoms with van der Waals surface area (Å²) in [5.74, 6) is 4.22. The van der Waals surface area contributed by atoms with E-state index in [9.17, 15) is 4.79 Å². The first-order valence-electron chi connectivity index (χ1n) is 14.8. The maximum atomic E-state index is 14.0. The van der Waals surface area contributed by atoms with Crippen molar-refractivity contribution < 1.29 is 4.79 Å². The zero-order valence-corrected chi connectivity index (χ0v) is 23.4. The summed E-state index contributed by atoms with van der Waals surface area (Å²) in [5, 5.41) is 1.14. The molecule has 2 saturated heterocycles. The predicted molar refractivity (Wildman–Crippen MR) is 151 cm³/mol. The summed E-state index contributed by atoms with van der Waals surface area (Å²) in [7, 11) is 0. The molecule has 38 heavy (non-hydrogen) atoms. The molecule has 2 aromatic rings. The molecule has 6 nitrogen and oxygen atoms in total. The topological polar surface area (TPSA) is 52.6 Å². The van der Waals surface area contributed by atoms with Crippen LogP contribution in [0.3, 0.4) is 0 Å². The van der Waals surface area contributed by atoms with Crippen LogP contribution >= 0.6 is 11.8 Å². The lowest BCUT2D eigenvalue weighted by Crippen LogP contribution is -2.61. The normalized spacial score (nSPS) is 35.2.